The lowest BCUT2D eigenvalue weighted by molar-refractivity contribution is -0.127. The molecule has 1 atom stereocenters. The first-order chi connectivity index (χ1) is 13.5. The van der Waals surface area contributed by atoms with Crippen LogP contribution in [0.15, 0.2) is 60.0 Å². The summed E-state index contributed by atoms with van der Waals surface area (Å²) >= 11 is 1.62. The summed E-state index contributed by atoms with van der Waals surface area (Å²) in [5.74, 6) is 1.02. The van der Waals surface area contributed by atoms with Crippen molar-refractivity contribution in [3.05, 3.63) is 81.8 Å². The molecule has 0 aliphatic rings. The van der Waals surface area contributed by atoms with Gasteiger partial charge in [-0.3, -0.25) is 4.79 Å². The molecule has 3 rings (SSSR count). The van der Waals surface area contributed by atoms with Gasteiger partial charge in [-0.2, -0.15) is 0 Å². The van der Waals surface area contributed by atoms with Crippen LogP contribution < -0.4 is 10.1 Å². The molecule has 146 valence electrons. The number of hydrogen-bond donors (Lipinski definition) is 1. The minimum atomic E-state index is -0.563. The summed E-state index contributed by atoms with van der Waals surface area (Å²) in [7, 11) is 0. The summed E-state index contributed by atoms with van der Waals surface area (Å²) in [6.45, 7) is 6.46. The third-order valence-electron chi connectivity index (χ3n) is 4.47. The molecule has 1 unspecified atom stereocenters. The Balaban J connectivity index is 1.48. The van der Waals surface area contributed by atoms with Gasteiger partial charge in [-0.25, -0.2) is 4.98 Å². The molecule has 2 aromatic carbocycles. The maximum atomic E-state index is 12.3. The smallest absolute Gasteiger partial charge is 0.261 e. The minimum Gasteiger partial charge on any atom is -0.481 e. The van der Waals surface area contributed by atoms with Crippen LogP contribution in [0.4, 0.5) is 0 Å². The lowest BCUT2D eigenvalue weighted by Gasteiger charge is -2.15. The Hall–Kier alpha value is -2.66. The highest BCUT2D eigenvalue weighted by molar-refractivity contribution is 7.09. The van der Waals surface area contributed by atoms with Crippen molar-refractivity contribution in [1.82, 2.24) is 10.3 Å². The third-order valence-corrected chi connectivity index (χ3v) is 5.37. The number of carbonyl (C=O) groups is 1. The van der Waals surface area contributed by atoms with E-state index in [-0.39, 0.29) is 5.91 Å². The van der Waals surface area contributed by atoms with E-state index in [0.717, 1.165) is 17.1 Å². The van der Waals surface area contributed by atoms with Crippen LogP contribution in [0.5, 0.6) is 5.75 Å². The highest BCUT2D eigenvalue weighted by atomic mass is 32.1. The van der Waals surface area contributed by atoms with E-state index < -0.39 is 6.10 Å². The predicted octanol–water partition coefficient (Wildman–Crippen LogP) is 4.94. The summed E-state index contributed by atoms with van der Waals surface area (Å²) in [4.78, 5) is 16.9. The topological polar surface area (TPSA) is 51.2 Å². The number of nitrogens with zero attached hydrogens (tertiary/aromatic N) is 1. The maximum absolute atomic E-state index is 12.3. The molecule has 0 fully saturated rings. The molecule has 0 bridgehead atoms. The molecular formula is C23H26N2O2S. The first-order valence-corrected chi connectivity index (χ1v) is 10.4. The van der Waals surface area contributed by atoms with Gasteiger partial charge in [0.05, 0.1) is 17.2 Å². The van der Waals surface area contributed by atoms with Crippen molar-refractivity contribution in [2.24, 2.45) is 0 Å². The molecule has 1 amide bonds. The van der Waals surface area contributed by atoms with Crippen molar-refractivity contribution >= 4 is 17.2 Å². The van der Waals surface area contributed by atoms with Crippen molar-refractivity contribution < 1.29 is 9.53 Å². The number of carbonyl (C=O) groups excluding carboxylic acids is 1. The molecule has 0 aliphatic heterocycles. The number of benzene rings is 2. The van der Waals surface area contributed by atoms with E-state index >= 15 is 0 Å². The Morgan fingerprint density at radius 1 is 1.07 bits per heavy atom. The van der Waals surface area contributed by atoms with E-state index in [4.69, 9.17) is 4.74 Å². The van der Waals surface area contributed by atoms with Crippen molar-refractivity contribution in [3.63, 3.8) is 0 Å². The maximum Gasteiger partial charge on any atom is 0.261 e. The summed E-state index contributed by atoms with van der Waals surface area (Å²) in [6, 6.07) is 18.1. The highest BCUT2D eigenvalue weighted by Crippen LogP contribution is 2.19. The van der Waals surface area contributed by atoms with E-state index in [1.54, 1.807) is 18.3 Å². The van der Waals surface area contributed by atoms with Gasteiger partial charge in [0.2, 0.25) is 0 Å². The Kier molecular flexibility index (Phi) is 6.82. The lowest BCUT2D eigenvalue weighted by atomic mass is 10.0. The van der Waals surface area contributed by atoms with Crippen molar-refractivity contribution in [1.29, 1.82) is 0 Å². The summed E-state index contributed by atoms with van der Waals surface area (Å²) < 4.78 is 5.75. The third kappa shape index (κ3) is 5.67. The molecule has 0 saturated carbocycles. The molecule has 4 nitrogen and oxygen atoms in total. The molecule has 0 saturated heterocycles. The van der Waals surface area contributed by atoms with Gasteiger partial charge in [-0.05, 0) is 36.1 Å². The van der Waals surface area contributed by atoms with Crippen molar-refractivity contribution in [2.75, 3.05) is 0 Å². The SMILES string of the molecule is CC(Oc1ccc(C(C)C)cc1)C(=O)NCc1csc(Cc2ccccc2)n1. The zero-order chi connectivity index (χ0) is 19.9. The minimum absolute atomic E-state index is 0.148. The van der Waals surface area contributed by atoms with Crippen LogP contribution >= 0.6 is 11.3 Å². The van der Waals surface area contributed by atoms with Gasteiger partial charge in [0.15, 0.2) is 6.10 Å². The fourth-order valence-electron chi connectivity index (χ4n) is 2.79. The van der Waals surface area contributed by atoms with Gasteiger partial charge in [0.25, 0.3) is 5.91 Å². The van der Waals surface area contributed by atoms with Crippen LogP contribution in [0, 0.1) is 0 Å². The second-order valence-electron chi connectivity index (χ2n) is 7.10. The number of ether oxygens (including phenoxy) is 1. The number of thiazole rings is 1. The number of rotatable bonds is 8. The van der Waals surface area contributed by atoms with Crippen LogP contribution in [0.3, 0.4) is 0 Å². The Morgan fingerprint density at radius 3 is 2.46 bits per heavy atom. The fourth-order valence-corrected chi connectivity index (χ4v) is 3.62. The molecule has 1 heterocycles. The van der Waals surface area contributed by atoms with Crippen LogP contribution in [-0.2, 0) is 17.8 Å². The molecule has 3 aromatic rings. The summed E-state index contributed by atoms with van der Waals surface area (Å²) in [5, 5.41) is 5.95. The van der Waals surface area contributed by atoms with E-state index in [9.17, 15) is 4.79 Å². The van der Waals surface area contributed by atoms with Crippen LogP contribution in [0.2, 0.25) is 0 Å². The Bertz CT molecular complexity index is 888. The zero-order valence-electron chi connectivity index (χ0n) is 16.5. The first-order valence-electron chi connectivity index (χ1n) is 9.53. The molecule has 28 heavy (non-hydrogen) atoms. The summed E-state index contributed by atoms with van der Waals surface area (Å²) in [6.07, 6.45) is 0.248. The number of hydrogen-bond acceptors (Lipinski definition) is 4. The molecule has 0 spiro atoms. The quantitative estimate of drug-likeness (QED) is 0.589. The van der Waals surface area contributed by atoms with Crippen molar-refractivity contribution in [3.8, 4) is 5.75 Å². The van der Waals surface area contributed by atoms with Crippen molar-refractivity contribution in [2.45, 2.75) is 45.8 Å². The second-order valence-corrected chi connectivity index (χ2v) is 8.04. The molecule has 5 heteroatoms. The monoisotopic (exact) mass is 394 g/mol. The molecule has 0 radical (unpaired) electrons. The van der Waals surface area contributed by atoms with E-state index in [0.29, 0.717) is 18.2 Å². The van der Waals surface area contributed by atoms with Gasteiger partial charge < -0.3 is 10.1 Å². The first kappa shape index (κ1) is 20.1. The molecular weight excluding hydrogens is 368 g/mol. The lowest BCUT2D eigenvalue weighted by Crippen LogP contribution is -2.36. The van der Waals surface area contributed by atoms with Crippen LogP contribution in [0.25, 0.3) is 0 Å². The van der Waals surface area contributed by atoms with Crippen LogP contribution in [0.1, 0.15) is 48.5 Å². The van der Waals surface area contributed by atoms with Gasteiger partial charge in [0, 0.05) is 11.8 Å². The average molecular weight is 395 g/mol. The Morgan fingerprint density at radius 2 is 1.79 bits per heavy atom. The van der Waals surface area contributed by atoms with Gasteiger partial charge >= 0.3 is 0 Å². The normalized spacial score (nSPS) is 12.0. The standard InChI is InChI=1S/C23H26N2O2S/c1-16(2)19-9-11-21(12-10-19)27-17(3)23(26)24-14-20-15-28-22(25-20)13-18-7-5-4-6-8-18/h4-12,15-17H,13-14H2,1-3H3,(H,24,26). The highest BCUT2D eigenvalue weighted by Gasteiger charge is 2.15. The van der Waals surface area contributed by atoms with Gasteiger partial charge in [0.1, 0.15) is 5.75 Å². The Labute approximate surface area is 170 Å². The molecule has 1 N–H and O–H groups in total. The van der Waals surface area contributed by atoms with Crippen LogP contribution in [-0.4, -0.2) is 17.0 Å². The molecule has 0 aliphatic carbocycles. The van der Waals surface area contributed by atoms with E-state index in [1.807, 2.05) is 47.8 Å². The van der Waals surface area contributed by atoms with E-state index in [1.165, 1.54) is 11.1 Å². The summed E-state index contributed by atoms with van der Waals surface area (Å²) in [5.41, 5.74) is 3.36. The largest absolute Gasteiger partial charge is 0.481 e. The zero-order valence-corrected chi connectivity index (χ0v) is 17.3. The van der Waals surface area contributed by atoms with E-state index in [2.05, 4.69) is 36.3 Å². The number of nitrogens with one attached hydrogen (secondary N) is 1. The van der Waals surface area contributed by atoms with Gasteiger partial charge in [-0.1, -0.05) is 56.3 Å². The molecule has 1 aromatic heterocycles. The number of aromatic nitrogens is 1. The predicted molar refractivity (Wildman–Crippen MR) is 114 cm³/mol. The average Bonchev–Trinajstić information content (AvgIpc) is 3.14. The van der Waals surface area contributed by atoms with Gasteiger partial charge in [-0.15, -0.1) is 11.3 Å². The fraction of sp³-hybridized carbons (Fsp3) is 0.304. The second kappa shape index (κ2) is 9.51. The number of amides is 1.